The lowest BCUT2D eigenvalue weighted by Gasteiger charge is -2.03. The molecule has 1 rings (SSSR count). The standard InChI is InChI=1S/C9H8ClO2/c10-9(6-11)12-7-8-4-2-1-3-5-8/h1-5,9H,7H2. The zero-order valence-corrected chi connectivity index (χ0v) is 7.12. The summed E-state index contributed by atoms with van der Waals surface area (Å²) < 4.78 is 4.92. The molecule has 0 aromatic heterocycles. The minimum Gasteiger partial charge on any atom is -0.350 e. The van der Waals surface area contributed by atoms with E-state index in [-0.39, 0.29) is 0 Å². The lowest BCUT2D eigenvalue weighted by molar-refractivity contribution is 0.130. The molecule has 0 aliphatic rings. The van der Waals surface area contributed by atoms with Crippen LogP contribution in [-0.4, -0.2) is 11.8 Å². The van der Waals surface area contributed by atoms with E-state index in [9.17, 15) is 4.79 Å². The number of benzene rings is 1. The van der Waals surface area contributed by atoms with Crippen molar-refractivity contribution in [3.05, 3.63) is 35.9 Å². The van der Waals surface area contributed by atoms with Gasteiger partial charge in [-0.25, -0.2) is 0 Å². The maximum Gasteiger partial charge on any atom is 0.246 e. The molecule has 0 aliphatic carbocycles. The molecule has 1 unspecified atom stereocenters. The maximum atomic E-state index is 9.94. The van der Waals surface area contributed by atoms with Crippen molar-refractivity contribution in [3.63, 3.8) is 0 Å². The lowest BCUT2D eigenvalue weighted by atomic mass is 10.2. The third-order valence-corrected chi connectivity index (χ3v) is 1.55. The fraction of sp³-hybridized carbons (Fsp3) is 0.222. The summed E-state index contributed by atoms with van der Waals surface area (Å²) in [5.74, 6) is 0. The minimum atomic E-state index is -0.967. The smallest absolute Gasteiger partial charge is 0.246 e. The van der Waals surface area contributed by atoms with E-state index < -0.39 is 5.56 Å². The maximum absolute atomic E-state index is 9.94. The van der Waals surface area contributed by atoms with Crippen LogP contribution in [0.25, 0.3) is 0 Å². The monoisotopic (exact) mass is 183 g/mol. The van der Waals surface area contributed by atoms with E-state index in [0.29, 0.717) is 6.61 Å². The van der Waals surface area contributed by atoms with Crippen molar-refractivity contribution in [2.45, 2.75) is 12.2 Å². The second-order valence-electron chi connectivity index (χ2n) is 2.23. The average Bonchev–Trinajstić information content (AvgIpc) is 2.16. The normalized spacial score (nSPS) is 12.4. The first-order valence-corrected chi connectivity index (χ1v) is 3.94. The highest BCUT2D eigenvalue weighted by Crippen LogP contribution is 2.03. The van der Waals surface area contributed by atoms with Gasteiger partial charge in [0.2, 0.25) is 6.29 Å². The summed E-state index contributed by atoms with van der Waals surface area (Å²) in [5, 5.41) is 0. The Labute approximate surface area is 76.1 Å². The molecule has 0 N–H and O–H groups in total. The van der Waals surface area contributed by atoms with Gasteiger partial charge in [-0.1, -0.05) is 41.9 Å². The van der Waals surface area contributed by atoms with Crippen molar-refractivity contribution in [2.24, 2.45) is 0 Å². The third-order valence-electron chi connectivity index (χ3n) is 1.33. The number of rotatable bonds is 4. The van der Waals surface area contributed by atoms with Gasteiger partial charge >= 0.3 is 0 Å². The molecule has 1 aromatic rings. The number of halogens is 1. The Hall–Kier alpha value is -0.860. The van der Waals surface area contributed by atoms with Crippen LogP contribution in [0.5, 0.6) is 0 Å². The molecular formula is C9H8ClO2. The quantitative estimate of drug-likeness (QED) is 0.667. The van der Waals surface area contributed by atoms with Gasteiger partial charge in [0.25, 0.3) is 0 Å². The van der Waals surface area contributed by atoms with Crippen LogP contribution in [0.3, 0.4) is 0 Å². The van der Waals surface area contributed by atoms with E-state index in [0.717, 1.165) is 5.56 Å². The predicted octanol–water partition coefficient (Wildman–Crippen LogP) is 1.88. The highest BCUT2D eigenvalue weighted by molar-refractivity contribution is 6.26. The fourth-order valence-electron chi connectivity index (χ4n) is 0.778. The van der Waals surface area contributed by atoms with Crippen LogP contribution in [-0.2, 0) is 16.1 Å². The van der Waals surface area contributed by atoms with Crippen LogP contribution in [0, 0.1) is 0 Å². The minimum absolute atomic E-state index is 0.338. The molecule has 12 heavy (non-hydrogen) atoms. The summed E-state index contributed by atoms with van der Waals surface area (Å²) in [7, 11) is 0. The summed E-state index contributed by atoms with van der Waals surface area (Å²) in [6.45, 7) is 0.338. The van der Waals surface area contributed by atoms with Gasteiger partial charge in [-0.15, -0.1) is 0 Å². The second kappa shape index (κ2) is 4.91. The highest BCUT2D eigenvalue weighted by atomic mass is 35.5. The number of hydrogen-bond acceptors (Lipinski definition) is 2. The number of ether oxygens (including phenoxy) is 1. The van der Waals surface area contributed by atoms with Crippen LogP contribution >= 0.6 is 11.6 Å². The van der Waals surface area contributed by atoms with E-state index in [1.807, 2.05) is 30.3 Å². The largest absolute Gasteiger partial charge is 0.350 e. The summed E-state index contributed by atoms with van der Waals surface area (Å²) in [5.41, 5.74) is 0.0172. The molecule has 2 nitrogen and oxygen atoms in total. The van der Waals surface area contributed by atoms with Crippen molar-refractivity contribution in [3.8, 4) is 0 Å². The van der Waals surface area contributed by atoms with Gasteiger partial charge in [0.1, 0.15) is 0 Å². The zero-order chi connectivity index (χ0) is 8.81. The van der Waals surface area contributed by atoms with Gasteiger partial charge in [0.15, 0.2) is 5.56 Å². The summed E-state index contributed by atoms with van der Waals surface area (Å²) in [4.78, 5) is 9.94. The predicted molar refractivity (Wildman–Crippen MR) is 46.6 cm³/mol. The van der Waals surface area contributed by atoms with Crippen molar-refractivity contribution >= 4 is 17.9 Å². The molecule has 0 fully saturated rings. The average molecular weight is 184 g/mol. The Morgan fingerprint density at radius 3 is 2.67 bits per heavy atom. The van der Waals surface area contributed by atoms with E-state index in [1.165, 1.54) is 6.29 Å². The van der Waals surface area contributed by atoms with Crippen molar-refractivity contribution in [2.75, 3.05) is 0 Å². The zero-order valence-electron chi connectivity index (χ0n) is 6.37. The number of alkyl halides is 1. The molecule has 3 heteroatoms. The molecule has 0 spiro atoms. The summed E-state index contributed by atoms with van der Waals surface area (Å²) >= 11 is 5.37. The van der Waals surface area contributed by atoms with Crippen LogP contribution in [0.2, 0.25) is 0 Å². The van der Waals surface area contributed by atoms with Crippen LogP contribution < -0.4 is 0 Å². The Balaban J connectivity index is 2.38. The van der Waals surface area contributed by atoms with Gasteiger partial charge in [0, 0.05) is 0 Å². The van der Waals surface area contributed by atoms with Crippen LogP contribution in [0.15, 0.2) is 30.3 Å². The second-order valence-corrected chi connectivity index (χ2v) is 2.63. The lowest BCUT2D eigenvalue weighted by Crippen LogP contribution is -2.05. The molecule has 0 bridgehead atoms. The van der Waals surface area contributed by atoms with Gasteiger partial charge in [0.05, 0.1) is 6.61 Å². The van der Waals surface area contributed by atoms with E-state index in [2.05, 4.69) is 0 Å². The van der Waals surface area contributed by atoms with Crippen molar-refractivity contribution in [1.29, 1.82) is 0 Å². The Bertz CT molecular complexity index is 236. The Morgan fingerprint density at radius 2 is 2.08 bits per heavy atom. The fourth-order valence-corrected chi connectivity index (χ4v) is 0.841. The number of hydrogen-bond donors (Lipinski definition) is 0. The first-order valence-electron chi connectivity index (χ1n) is 3.50. The first-order chi connectivity index (χ1) is 5.83. The molecular weight excluding hydrogens is 176 g/mol. The molecule has 1 atom stereocenters. The Morgan fingerprint density at radius 1 is 1.42 bits per heavy atom. The molecule has 0 heterocycles. The summed E-state index contributed by atoms with van der Waals surface area (Å²) in [6, 6.07) is 9.50. The molecule has 0 saturated carbocycles. The molecule has 1 radical (unpaired) electrons. The van der Waals surface area contributed by atoms with Gasteiger partial charge in [-0.3, -0.25) is 4.79 Å². The number of carbonyl (C=O) groups excluding carboxylic acids is 1. The highest BCUT2D eigenvalue weighted by Gasteiger charge is 2.02. The molecule has 63 valence electrons. The molecule has 0 saturated heterocycles. The van der Waals surface area contributed by atoms with Gasteiger partial charge < -0.3 is 4.74 Å². The SMILES string of the molecule is O=[C]C(Cl)OCc1ccccc1. The van der Waals surface area contributed by atoms with E-state index >= 15 is 0 Å². The van der Waals surface area contributed by atoms with Gasteiger partial charge in [-0.05, 0) is 5.56 Å². The van der Waals surface area contributed by atoms with E-state index in [4.69, 9.17) is 16.3 Å². The van der Waals surface area contributed by atoms with Crippen LogP contribution in [0.1, 0.15) is 5.56 Å². The van der Waals surface area contributed by atoms with Gasteiger partial charge in [-0.2, -0.15) is 0 Å². The topological polar surface area (TPSA) is 26.3 Å². The Kier molecular flexibility index (Phi) is 3.77. The molecule has 0 aliphatic heterocycles. The van der Waals surface area contributed by atoms with Crippen molar-refractivity contribution in [1.82, 2.24) is 0 Å². The molecule has 1 aromatic carbocycles. The molecule has 0 amide bonds. The third kappa shape index (κ3) is 3.03. The van der Waals surface area contributed by atoms with E-state index in [1.54, 1.807) is 0 Å². The first kappa shape index (κ1) is 9.23. The van der Waals surface area contributed by atoms with Crippen molar-refractivity contribution < 1.29 is 9.53 Å². The van der Waals surface area contributed by atoms with Crippen LogP contribution in [0.4, 0.5) is 0 Å². The summed E-state index contributed by atoms with van der Waals surface area (Å²) in [6.07, 6.45) is 1.53.